The molecule has 1 aromatic heterocycles. The third kappa shape index (κ3) is 2.71. The van der Waals surface area contributed by atoms with Crippen LogP contribution in [-0.2, 0) is 19.6 Å². The molecule has 0 bridgehead atoms. The Morgan fingerprint density at radius 2 is 1.96 bits per heavy atom. The summed E-state index contributed by atoms with van der Waals surface area (Å²) in [6.07, 6.45) is 1.31. The summed E-state index contributed by atoms with van der Waals surface area (Å²) in [7, 11) is 0. The Bertz CT molecular complexity index is 1150. The molecule has 1 aliphatic rings. The molecule has 7 heteroatoms. The average molecular weight is 367 g/mol. The maximum Gasteiger partial charge on any atom is 0.341 e. The Hall–Kier alpha value is -3.35. The summed E-state index contributed by atoms with van der Waals surface area (Å²) in [6.45, 7) is 3.36. The number of benzene rings is 2. The van der Waals surface area contributed by atoms with Crippen LogP contribution in [0.5, 0.6) is 0 Å². The smallest absolute Gasteiger partial charge is 0.341 e. The Kier molecular flexibility index (Phi) is 3.87. The first kappa shape index (κ1) is 17.1. The van der Waals surface area contributed by atoms with Gasteiger partial charge in [-0.15, -0.1) is 0 Å². The highest BCUT2D eigenvalue weighted by molar-refractivity contribution is 5.93. The van der Waals surface area contributed by atoms with Crippen LogP contribution in [0.15, 0.2) is 41.3 Å². The van der Waals surface area contributed by atoms with Gasteiger partial charge in [-0.25, -0.2) is 9.18 Å². The first-order valence-electron chi connectivity index (χ1n) is 8.61. The number of rotatable bonds is 3. The summed E-state index contributed by atoms with van der Waals surface area (Å²) in [5.74, 6) is -1.87. The Labute approximate surface area is 154 Å². The molecule has 0 radical (unpaired) electrons. The van der Waals surface area contributed by atoms with Crippen molar-refractivity contribution in [2.75, 3.05) is 10.6 Å². The number of aromatic carboxylic acids is 1. The van der Waals surface area contributed by atoms with Gasteiger partial charge in [0.15, 0.2) is 0 Å². The average Bonchev–Trinajstić information content (AvgIpc) is 3.04. The summed E-state index contributed by atoms with van der Waals surface area (Å²) in [5, 5.41) is 9.31. The van der Waals surface area contributed by atoms with Gasteiger partial charge in [0.2, 0.25) is 5.43 Å². The molecule has 27 heavy (non-hydrogen) atoms. The summed E-state index contributed by atoms with van der Waals surface area (Å²) in [5.41, 5.74) is 8.48. The molecule has 0 saturated heterocycles. The van der Waals surface area contributed by atoms with E-state index in [9.17, 15) is 19.1 Å². The molecule has 0 saturated carbocycles. The molecule has 0 atom stereocenters. The lowest BCUT2D eigenvalue weighted by molar-refractivity contribution is 0.0695. The third-order valence-electron chi connectivity index (χ3n) is 5.01. The van der Waals surface area contributed by atoms with Gasteiger partial charge >= 0.3 is 5.97 Å². The maximum atomic E-state index is 14.9. The van der Waals surface area contributed by atoms with E-state index in [4.69, 9.17) is 5.73 Å². The minimum atomic E-state index is -1.32. The van der Waals surface area contributed by atoms with Crippen molar-refractivity contribution in [1.29, 1.82) is 0 Å². The molecule has 2 heterocycles. The van der Waals surface area contributed by atoms with Crippen molar-refractivity contribution in [3.05, 3.63) is 69.3 Å². The van der Waals surface area contributed by atoms with Gasteiger partial charge in [0.1, 0.15) is 11.4 Å². The van der Waals surface area contributed by atoms with Gasteiger partial charge < -0.3 is 20.3 Å². The van der Waals surface area contributed by atoms with Crippen molar-refractivity contribution in [2.45, 2.75) is 26.6 Å². The first-order chi connectivity index (χ1) is 12.9. The second-order valence-corrected chi connectivity index (χ2v) is 6.67. The van der Waals surface area contributed by atoms with E-state index >= 15 is 0 Å². The summed E-state index contributed by atoms with van der Waals surface area (Å²) >= 11 is 0. The number of aryl methyl sites for hydroxylation is 1. The molecule has 0 spiro atoms. The zero-order valence-corrected chi connectivity index (χ0v) is 14.7. The second kappa shape index (κ2) is 6.12. The number of halogens is 1. The molecule has 1 aliphatic heterocycles. The quantitative estimate of drug-likeness (QED) is 0.695. The number of hydrogen-bond donors (Lipinski definition) is 2. The van der Waals surface area contributed by atoms with E-state index < -0.39 is 17.2 Å². The minimum Gasteiger partial charge on any atom is -0.477 e. The van der Waals surface area contributed by atoms with Crippen LogP contribution in [0.3, 0.4) is 0 Å². The highest BCUT2D eigenvalue weighted by atomic mass is 19.1. The summed E-state index contributed by atoms with van der Waals surface area (Å²) < 4.78 is 16.5. The molecular weight excluding hydrogens is 349 g/mol. The summed E-state index contributed by atoms with van der Waals surface area (Å²) in [6, 6.07) is 8.40. The molecule has 138 valence electrons. The number of pyridine rings is 1. The van der Waals surface area contributed by atoms with Gasteiger partial charge in [-0.3, -0.25) is 4.79 Å². The van der Waals surface area contributed by atoms with Gasteiger partial charge in [-0.1, -0.05) is 6.07 Å². The van der Waals surface area contributed by atoms with Crippen LogP contribution in [0.4, 0.5) is 15.8 Å². The number of hydrogen-bond acceptors (Lipinski definition) is 4. The van der Waals surface area contributed by atoms with Crippen LogP contribution in [0, 0.1) is 5.82 Å². The minimum absolute atomic E-state index is 0.0685. The Morgan fingerprint density at radius 1 is 1.22 bits per heavy atom. The van der Waals surface area contributed by atoms with Crippen molar-refractivity contribution in [3.63, 3.8) is 0 Å². The van der Waals surface area contributed by atoms with Crippen LogP contribution in [0.2, 0.25) is 0 Å². The molecule has 3 aromatic rings. The number of aromatic nitrogens is 1. The van der Waals surface area contributed by atoms with Crippen molar-refractivity contribution >= 4 is 28.2 Å². The number of anilines is 2. The highest BCUT2D eigenvalue weighted by Crippen LogP contribution is 2.33. The second-order valence-electron chi connectivity index (χ2n) is 6.67. The number of carboxylic acids is 1. The normalized spacial score (nSPS) is 13.2. The van der Waals surface area contributed by atoms with Gasteiger partial charge in [0.25, 0.3) is 0 Å². The number of fused-ring (bicyclic) bond motifs is 2. The van der Waals surface area contributed by atoms with Gasteiger partial charge in [-0.05, 0) is 42.3 Å². The number of nitrogens with two attached hydrogens (primary N) is 1. The monoisotopic (exact) mass is 367 g/mol. The molecule has 4 rings (SSSR count). The zero-order valence-electron chi connectivity index (χ0n) is 14.7. The van der Waals surface area contributed by atoms with E-state index in [0.29, 0.717) is 36.5 Å². The fourth-order valence-electron chi connectivity index (χ4n) is 3.64. The first-order valence-corrected chi connectivity index (χ1v) is 8.61. The SMILES string of the molecule is CCn1cc(C(=O)O)c(=O)c2cc(F)c(N3Cc4ccc(N)cc4C3)cc21. The highest BCUT2D eigenvalue weighted by Gasteiger charge is 2.24. The van der Waals surface area contributed by atoms with Crippen LogP contribution >= 0.6 is 0 Å². The molecular formula is C20H18FN3O3. The number of nitrogen functional groups attached to an aromatic ring is 1. The van der Waals surface area contributed by atoms with Gasteiger partial charge in [-0.2, -0.15) is 0 Å². The van der Waals surface area contributed by atoms with Crippen LogP contribution in [0.25, 0.3) is 10.9 Å². The molecule has 2 aromatic carbocycles. The van der Waals surface area contributed by atoms with Gasteiger partial charge in [0, 0.05) is 36.9 Å². The third-order valence-corrected chi connectivity index (χ3v) is 5.01. The van der Waals surface area contributed by atoms with Gasteiger partial charge in [0.05, 0.1) is 11.2 Å². The largest absolute Gasteiger partial charge is 0.477 e. The molecule has 0 amide bonds. The predicted octanol–water partition coefficient (Wildman–Crippen LogP) is 2.96. The maximum absolute atomic E-state index is 14.9. The lowest BCUT2D eigenvalue weighted by Gasteiger charge is -2.20. The molecule has 3 N–H and O–H groups in total. The van der Waals surface area contributed by atoms with Crippen molar-refractivity contribution < 1.29 is 14.3 Å². The van der Waals surface area contributed by atoms with E-state index in [1.54, 1.807) is 10.6 Å². The number of carbonyl (C=O) groups is 1. The Balaban J connectivity index is 1.87. The fourth-order valence-corrected chi connectivity index (χ4v) is 3.64. The van der Waals surface area contributed by atoms with E-state index in [0.717, 1.165) is 17.2 Å². The topological polar surface area (TPSA) is 88.6 Å². The van der Waals surface area contributed by atoms with E-state index in [2.05, 4.69) is 0 Å². The van der Waals surface area contributed by atoms with Crippen LogP contribution < -0.4 is 16.1 Å². The predicted molar refractivity (Wildman–Crippen MR) is 102 cm³/mol. The van der Waals surface area contributed by atoms with Crippen molar-refractivity contribution in [2.24, 2.45) is 0 Å². The van der Waals surface area contributed by atoms with Crippen LogP contribution in [0.1, 0.15) is 28.4 Å². The van der Waals surface area contributed by atoms with E-state index in [-0.39, 0.29) is 10.9 Å². The lowest BCUT2D eigenvalue weighted by atomic mass is 10.1. The number of carboxylic acid groups (broad SMARTS) is 1. The lowest BCUT2D eigenvalue weighted by Crippen LogP contribution is -2.21. The molecule has 0 unspecified atom stereocenters. The summed E-state index contributed by atoms with van der Waals surface area (Å²) in [4.78, 5) is 25.7. The molecule has 0 fully saturated rings. The van der Waals surface area contributed by atoms with Crippen molar-refractivity contribution in [1.82, 2.24) is 4.57 Å². The van der Waals surface area contributed by atoms with E-state index in [1.807, 2.05) is 30.0 Å². The van der Waals surface area contributed by atoms with Crippen LogP contribution in [-0.4, -0.2) is 15.6 Å². The standard InChI is InChI=1S/C20H18FN3O3/c1-2-23-10-15(20(26)27)19(25)14-6-16(21)18(7-17(14)23)24-8-11-3-4-13(22)5-12(11)9-24/h3-7,10H,2,8-9,22H2,1H3,(H,26,27). The molecule has 6 nitrogen and oxygen atoms in total. The fraction of sp³-hybridized carbons (Fsp3) is 0.200. The zero-order chi connectivity index (χ0) is 19.3. The van der Waals surface area contributed by atoms with Crippen molar-refractivity contribution in [3.8, 4) is 0 Å². The number of nitrogens with zero attached hydrogens (tertiary/aromatic N) is 2. The van der Waals surface area contributed by atoms with E-state index in [1.165, 1.54) is 6.20 Å². The molecule has 0 aliphatic carbocycles. The Morgan fingerprint density at radius 3 is 2.67 bits per heavy atom.